The van der Waals surface area contributed by atoms with Crippen LogP contribution in [0, 0.1) is 0 Å². The zero-order valence-corrected chi connectivity index (χ0v) is 16.5. The molecule has 152 valence electrons. The van der Waals surface area contributed by atoms with Crippen LogP contribution in [0.4, 0.5) is 5.82 Å². The highest BCUT2D eigenvalue weighted by molar-refractivity contribution is 6.10. The highest BCUT2D eigenvalue weighted by Crippen LogP contribution is 2.28. The van der Waals surface area contributed by atoms with Crippen LogP contribution in [0.25, 0.3) is 22.2 Å². The van der Waals surface area contributed by atoms with E-state index in [1.165, 1.54) is 0 Å². The van der Waals surface area contributed by atoms with Gasteiger partial charge in [-0.15, -0.1) is 0 Å². The van der Waals surface area contributed by atoms with Crippen LogP contribution in [-0.2, 0) is 11.3 Å². The quantitative estimate of drug-likeness (QED) is 0.536. The maximum absolute atomic E-state index is 13.1. The molecule has 0 spiro atoms. The number of nitrogens with one attached hydrogen (secondary N) is 1. The van der Waals surface area contributed by atoms with Crippen molar-refractivity contribution in [2.75, 3.05) is 18.9 Å². The summed E-state index contributed by atoms with van der Waals surface area (Å²) in [6.45, 7) is 1.72. The van der Waals surface area contributed by atoms with Crippen LogP contribution in [0.1, 0.15) is 28.8 Å². The fourth-order valence-corrected chi connectivity index (χ4v) is 3.97. The van der Waals surface area contributed by atoms with E-state index in [4.69, 9.17) is 20.4 Å². The number of hydrogen-bond acceptors (Lipinski definition) is 5. The van der Waals surface area contributed by atoms with E-state index in [0.29, 0.717) is 35.6 Å². The first-order valence-corrected chi connectivity index (χ1v) is 10.2. The predicted octanol–water partition coefficient (Wildman–Crippen LogP) is 3.12. The van der Waals surface area contributed by atoms with Crippen molar-refractivity contribution in [1.82, 2.24) is 19.9 Å². The predicted molar refractivity (Wildman–Crippen MR) is 116 cm³/mol. The van der Waals surface area contributed by atoms with Crippen molar-refractivity contribution in [2.45, 2.75) is 25.5 Å². The number of fused-ring (bicyclic) bond motifs is 2. The molecule has 0 radical (unpaired) electrons. The summed E-state index contributed by atoms with van der Waals surface area (Å²) in [6.07, 6.45) is 2.03. The number of hydrogen-bond donors (Lipinski definition) is 2. The van der Waals surface area contributed by atoms with Crippen molar-refractivity contribution in [3.05, 3.63) is 65.7 Å². The summed E-state index contributed by atoms with van der Waals surface area (Å²) in [4.78, 5) is 22.6. The van der Waals surface area contributed by atoms with Gasteiger partial charge >= 0.3 is 0 Å². The minimum atomic E-state index is -0.246. The van der Waals surface area contributed by atoms with Gasteiger partial charge < -0.3 is 20.4 Å². The van der Waals surface area contributed by atoms with Crippen LogP contribution in [0.5, 0.6) is 0 Å². The fourth-order valence-electron chi connectivity index (χ4n) is 3.97. The topological polar surface area (TPSA) is 95.1 Å². The molecule has 1 aliphatic rings. The zero-order chi connectivity index (χ0) is 20.5. The Hall–Kier alpha value is -3.45. The van der Waals surface area contributed by atoms with Gasteiger partial charge in [0.05, 0.1) is 23.7 Å². The number of nitrogen functional groups attached to an aromatic ring is 1. The fraction of sp³-hybridized carbons (Fsp3) is 0.261. The van der Waals surface area contributed by atoms with E-state index >= 15 is 0 Å². The van der Waals surface area contributed by atoms with Crippen LogP contribution < -0.4 is 11.1 Å². The third-order valence-electron chi connectivity index (χ3n) is 5.52. The lowest BCUT2D eigenvalue weighted by molar-refractivity contribution is 0.0859. The van der Waals surface area contributed by atoms with Crippen molar-refractivity contribution in [2.24, 2.45) is 0 Å². The number of ether oxygens (including phenoxy) is 1. The summed E-state index contributed by atoms with van der Waals surface area (Å²) in [5.41, 5.74) is 10.6. The van der Waals surface area contributed by atoms with Crippen molar-refractivity contribution in [1.29, 1.82) is 0 Å². The van der Waals surface area contributed by atoms with Crippen LogP contribution in [-0.4, -0.2) is 39.7 Å². The first kappa shape index (κ1) is 18.6. The minimum absolute atomic E-state index is 0.0553. The summed E-state index contributed by atoms with van der Waals surface area (Å²) in [5, 5.41) is 2.97. The normalized spacial score (nSPS) is 16.3. The molecule has 0 aliphatic carbocycles. The Kier molecular flexibility index (Phi) is 4.80. The maximum Gasteiger partial charge on any atom is 0.257 e. The average molecular weight is 401 g/mol. The number of aromatic nitrogens is 3. The Balaban J connectivity index is 1.60. The number of nitrogens with zero attached hydrogens (tertiary/aromatic N) is 3. The van der Waals surface area contributed by atoms with E-state index in [-0.39, 0.29) is 12.0 Å². The molecular formula is C23H23N5O2. The molecule has 1 saturated heterocycles. The number of anilines is 1. The first-order valence-electron chi connectivity index (χ1n) is 10.2. The summed E-state index contributed by atoms with van der Waals surface area (Å²) < 4.78 is 7.49. The molecule has 1 amide bonds. The zero-order valence-electron chi connectivity index (χ0n) is 16.5. The minimum Gasteiger partial charge on any atom is -0.384 e. The van der Waals surface area contributed by atoms with Crippen LogP contribution >= 0.6 is 0 Å². The Morgan fingerprint density at radius 2 is 1.83 bits per heavy atom. The summed E-state index contributed by atoms with van der Waals surface area (Å²) in [6, 6.07) is 17.6. The molecule has 3 heterocycles. The number of amides is 1. The first-order chi connectivity index (χ1) is 14.7. The van der Waals surface area contributed by atoms with Gasteiger partial charge in [-0.25, -0.2) is 9.97 Å². The van der Waals surface area contributed by atoms with Crippen LogP contribution in [0.2, 0.25) is 0 Å². The van der Waals surface area contributed by atoms with E-state index in [2.05, 4.69) is 5.32 Å². The van der Waals surface area contributed by atoms with E-state index < -0.39 is 0 Å². The second kappa shape index (κ2) is 7.76. The molecule has 2 aromatic carbocycles. The third-order valence-corrected chi connectivity index (χ3v) is 5.52. The number of rotatable bonds is 5. The molecule has 30 heavy (non-hydrogen) atoms. The largest absolute Gasteiger partial charge is 0.384 e. The molecule has 0 bridgehead atoms. The Labute approximate surface area is 173 Å². The smallest absolute Gasteiger partial charge is 0.257 e. The van der Waals surface area contributed by atoms with Gasteiger partial charge in [0.25, 0.3) is 5.91 Å². The van der Waals surface area contributed by atoms with Crippen molar-refractivity contribution >= 4 is 33.9 Å². The molecule has 0 unspecified atom stereocenters. The molecule has 5 rings (SSSR count). The summed E-state index contributed by atoms with van der Waals surface area (Å²) in [7, 11) is 0. The molecule has 2 aromatic heterocycles. The molecule has 1 fully saturated rings. The third kappa shape index (κ3) is 3.37. The summed E-state index contributed by atoms with van der Waals surface area (Å²) >= 11 is 0. The molecule has 7 heteroatoms. The van der Waals surface area contributed by atoms with E-state index in [0.717, 1.165) is 36.0 Å². The van der Waals surface area contributed by atoms with E-state index in [1.807, 2.05) is 59.2 Å². The maximum atomic E-state index is 13.1. The lowest BCUT2D eigenvalue weighted by Gasteiger charge is -2.11. The molecular weight excluding hydrogens is 378 g/mol. The van der Waals surface area contributed by atoms with Gasteiger partial charge in [-0.2, -0.15) is 0 Å². The van der Waals surface area contributed by atoms with Crippen LogP contribution in [0.3, 0.4) is 0 Å². The molecule has 7 nitrogen and oxygen atoms in total. The molecule has 4 aromatic rings. The second-order valence-electron chi connectivity index (χ2n) is 7.56. The Bertz CT molecular complexity index is 1210. The number of benzene rings is 2. The van der Waals surface area contributed by atoms with Gasteiger partial charge in [-0.1, -0.05) is 42.5 Å². The SMILES string of the molecule is Nc1c(C(=O)NC[C@@H]2CCCO2)c2nc3ccccc3nc2n1Cc1ccccc1. The number of para-hydroxylation sites is 2. The second-order valence-corrected chi connectivity index (χ2v) is 7.56. The van der Waals surface area contributed by atoms with Gasteiger partial charge in [0, 0.05) is 13.2 Å². The highest BCUT2D eigenvalue weighted by atomic mass is 16.5. The van der Waals surface area contributed by atoms with Crippen molar-refractivity contribution < 1.29 is 9.53 Å². The van der Waals surface area contributed by atoms with Crippen molar-refractivity contribution in [3.8, 4) is 0 Å². The van der Waals surface area contributed by atoms with Gasteiger partial charge in [0.2, 0.25) is 0 Å². The number of carbonyl (C=O) groups is 1. The molecule has 1 atom stereocenters. The molecule has 0 saturated carbocycles. The monoisotopic (exact) mass is 401 g/mol. The number of nitrogens with two attached hydrogens (primary N) is 1. The van der Waals surface area contributed by atoms with Gasteiger partial charge in [0.1, 0.15) is 16.9 Å². The lowest BCUT2D eigenvalue weighted by atomic mass is 10.2. The summed E-state index contributed by atoms with van der Waals surface area (Å²) in [5.74, 6) is 0.124. The Morgan fingerprint density at radius 3 is 2.57 bits per heavy atom. The Morgan fingerprint density at radius 1 is 1.10 bits per heavy atom. The van der Waals surface area contributed by atoms with Crippen molar-refractivity contribution in [3.63, 3.8) is 0 Å². The van der Waals surface area contributed by atoms with Gasteiger partial charge in [-0.05, 0) is 30.5 Å². The van der Waals surface area contributed by atoms with Gasteiger partial charge in [-0.3, -0.25) is 4.79 Å². The van der Waals surface area contributed by atoms with E-state index in [9.17, 15) is 4.79 Å². The molecule has 1 aliphatic heterocycles. The standard InChI is InChI=1S/C23H23N5O2/c24-21-19(23(29)25-13-16-9-6-12-30-16)20-22(27-18-11-5-4-10-17(18)26-20)28(21)14-15-7-2-1-3-8-15/h1-5,7-8,10-11,16H,6,9,12-14,24H2,(H,25,29)/t16-/m0/s1. The highest BCUT2D eigenvalue weighted by Gasteiger charge is 2.25. The van der Waals surface area contributed by atoms with E-state index in [1.54, 1.807) is 0 Å². The number of carbonyl (C=O) groups excluding carboxylic acids is 1. The van der Waals surface area contributed by atoms with Crippen LogP contribution in [0.15, 0.2) is 54.6 Å². The average Bonchev–Trinajstić information content (AvgIpc) is 3.38. The lowest BCUT2D eigenvalue weighted by Crippen LogP contribution is -2.32. The van der Waals surface area contributed by atoms with Gasteiger partial charge in [0.15, 0.2) is 5.65 Å². The molecule has 3 N–H and O–H groups in total.